The second-order valence-electron chi connectivity index (χ2n) is 19.0. The molecule has 0 radical (unpaired) electrons. The zero-order valence-electron chi connectivity index (χ0n) is 32.8. The summed E-state index contributed by atoms with van der Waals surface area (Å²) in [5, 5.41) is 3.36. The van der Waals surface area contributed by atoms with Crippen molar-refractivity contribution in [2.75, 3.05) is 11.9 Å². The monoisotopic (exact) mass is 808 g/mol. The summed E-state index contributed by atoms with van der Waals surface area (Å²) in [6.07, 6.45) is 9.85. The minimum absolute atomic E-state index is 0.00278. The molecule has 8 nitrogen and oxygen atoms in total. The number of carbonyl (C=O) groups excluding carboxylic acids is 4. The zero-order valence-corrected chi connectivity index (χ0v) is 35.2. The first-order chi connectivity index (χ1) is 24.8. The number of aromatic nitrogens is 1. The van der Waals surface area contributed by atoms with Crippen molar-refractivity contribution in [3.8, 4) is 0 Å². The van der Waals surface area contributed by atoms with Crippen molar-refractivity contribution in [3.05, 3.63) is 34.3 Å². The molecule has 1 amide bonds. The number of hydrogen-bond donors (Lipinski definition) is 1. The molecule has 5 aliphatic carbocycles. The molecule has 1 aromatic heterocycles. The summed E-state index contributed by atoms with van der Waals surface area (Å²) in [6.45, 7) is 18.3. The van der Waals surface area contributed by atoms with Crippen molar-refractivity contribution >= 4 is 66.2 Å². The van der Waals surface area contributed by atoms with E-state index in [9.17, 15) is 19.2 Å². The van der Waals surface area contributed by atoms with Crippen LogP contribution in [-0.2, 0) is 28.7 Å². The molecule has 9 atom stereocenters. The fraction of sp³-hybridized carbons (Fsp3) is 0.698. The summed E-state index contributed by atoms with van der Waals surface area (Å²) in [6, 6.07) is 5.78. The lowest BCUT2D eigenvalue weighted by atomic mass is 9.33. The Balaban J connectivity index is 1.06. The molecule has 10 heteroatoms. The third-order valence-electron chi connectivity index (χ3n) is 15.7. The van der Waals surface area contributed by atoms with Crippen LogP contribution in [0.2, 0.25) is 0 Å². The van der Waals surface area contributed by atoms with Gasteiger partial charge in [-0.15, -0.1) is 0 Å². The Bertz CT molecular complexity index is 1890. The standard InChI is InChI=1S/C43H57BrN2O6S/c1-9-51-36(50)40(5)19-18-39(4)20-21-42(7)26(27(39)24-40)23-29(47)35-41(6)16-15-32(38(2,3)31(41)14-17-43(35,42)8)52-34(49)13-12-33(48)46-37-45-28-11-10-25(44)22-30(28)53-37/h10-11,22-23,27,31-32,35H,9,12-21,24H2,1-8H3,(H,45,46,48)/t27-,31-,32-,35+,39+,40-,41-,42+,43+/m0/s1. The Morgan fingerprint density at radius 1 is 0.962 bits per heavy atom. The largest absolute Gasteiger partial charge is 0.466 e. The van der Waals surface area contributed by atoms with Crippen LogP contribution < -0.4 is 5.32 Å². The second-order valence-corrected chi connectivity index (χ2v) is 20.9. The number of hydrogen-bond acceptors (Lipinski definition) is 8. The van der Waals surface area contributed by atoms with Gasteiger partial charge in [0.15, 0.2) is 10.9 Å². The van der Waals surface area contributed by atoms with Crippen LogP contribution in [0.5, 0.6) is 0 Å². The SMILES string of the molecule is CCOC(=O)[C@@]1(C)CC[C@]2(C)CC[C@]3(C)C(=CC(=O)[C@@H]4[C@@]5(C)CC[C@H](OC(=O)CCC(=O)Nc6nc7ccc(Br)cc7s6)C(C)(C)[C@@H]5CC[C@]43C)[C@@H]2C1. The number of amides is 1. The summed E-state index contributed by atoms with van der Waals surface area (Å²) < 4.78 is 13.7. The van der Waals surface area contributed by atoms with Gasteiger partial charge < -0.3 is 14.8 Å². The third-order valence-corrected chi connectivity index (χ3v) is 17.1. The van der Waals surface area contributed by atoms with E-state index in [1.165, 1.54) is 16.9 Å². The van der Waals surface area contributed by atoms with Crippen LogP contribution in [-0.4, -0.2) is 41.3 Å². The molecule has 1 aromatic carbocycles. The van der Waals surface area contributed by atoms with Crippen molar-refractivity contribution in [2.24, 2.45) is 50.2 Å². The molecule has 288 valence electrons. The van der Waals surface area contributed by atoms with Crippen molar-refractivity contribution in [2.45, 2.75) is 132 Å². The first-order valence-corrected chi connectivity index (χ1v) is 21.4. The van der Waals surface area contributed by atoms with Gasteiger partial charge in [0, 0.05) is 22.2 Å². The average Bonchev–Trinajstić information content (AvgIpc) is 3.48. The predicted molar refractivity (Wildman–Crippen MR) is 211 cm³/mol. The van der Waals surface area contributed by atoms with E-state index >= 15 is 0 Å². The number of rotatable bonds is 7. The van der Waals surface area contributed by atoms with Gasteiger partial charge in [0.25, 0.3) is 0 Å². The first-order valence-electron chi connectivity index (χ1n) is 19.8. The predicted octanol–water partition coefficient (Wildman–Crippen LogP) is 10.2. The summed E-state index contributed by atoms with van der Waals surface area (Å²) in [5.41, 5.74) is 0.671. The summed E-state index contributed by atoms with van der Waals surface area (Å²) >= 11 is 4.87. The lowest BCUT2D eigenvalue weighted by Gasteiger charge is -2.70. The maximum absolute atomic E-state index is 14.8. The van der Waals surface area contributed by atoms with Crippen molar-refractivity contribution < 1.29 is 28.7 Å². The van der Waals surface area contributed by atoms with Crippen LogP contribution in [0.1, 0.15) is 126 Å². The topological polar surface area (TPSA) is 112 Å². The molecule has 0 unspecified atom stereocenters. The molecule has 0 spiro atoms. The van der Waals surface area contributed by atoms with Gasteiger partial charge in [0.05, 0.1) is 28.7 Å². The smallest absolute Gasteiger partial charge is 0.311 e. The van der Waals surface area contributed by atoms with Crippen LogP contribution in [0.15, 0.2) is 34.3 Å². The van der Waals surface area contributed by atoms with Crippen LogP contribution in [0, 0.1) is 50.2 Å². The molecule has 4 fully saturated rings. The van der Waals surface area contributed by atoms with E-state index in [1.54, 1.807) is 0 Å². The molecule has 0 saturated heterocycles. The third kappa shape index (κ3) is 6.15. The van der Waals surface area contributed by atoms with Gasteiger partial charge in [-0.1, -0.05) is 74.4 Å². The number of thiazole rings is 1. The Morgan fingerprint density at radius 2 is 1.70 bits per heavy atom. The number of ketones is 1. The zero-order chi connectivity index (χ0) is 38.4. The average molecular weight is 810 g/mol. The molecule has 53 heavy (non-hydrogen) atoms. The highest BCUT2D eigenvalue weighted by Gasteiger charge is 2.70. The molecule has 0 bridgehead atoms. The Kier molecular flexibility index (Phi) is 9.68. The van der Waals surface area contributed by atoms with Gasteiger partial charge in [-0.05, 0) is 129 Å². The summed E-state index contributed by atoms with van der Waals surface area (Å²) in [5.74, 6) is -0.241. The highest BCUT2D eigenvalue weighted by molar-refractivity contribution is 9.10. The van der Waals surface area contributed by atoms with Crippen molar-refractivity contribution in [3.63, 3.8) is 0 Å². The van der Waals surface area contributed by atoms with E-state index in [-0.39, 0.29) is 87.4 Å². The van der Waals surface area contributed by atoms with Crippen LogP contribution in [0.4, 0.5) is 5.13 Å². The fourth-order valence-electron chi connectivity index (χ4n) is 12.4. The molecule has 1 N–H and O–H groups in total. The lowest BCUT2D eigenvalue weighted by Crippen LogP contribution is -2.66. The number of esters is 2. The number of carbonyl (C=O) groups is 4. The molecular weight excluding hydrogens is 752 g/mol. The summed E-state index contributed by atoms with van der Waals surface area (Å²) in [7, 11) is 0. The normalized spacial score (nSPS) is 38.7. The quantitative estimate of drug-likeness (QED) is 0.277. The molecule has 4 saturated carbocycles. The number of nitrogens with one attached hydrogen (secondary N) is 1. The number of halogens is 1. The van der Waals surface area contributed by atoms with Gasteiger partial charge in [-0.25, -0.2) is 4.98 Å². The van der Waals surface area contributed by atoms with Gasteiger partial charge in [-0.3, -0.25) is 19.2 Å². The molecule has 0 aliphatic heterocycles. The van der Waals surface area contributed by atoms with Crippen LogP contribution in [0.3, 0.4) is 0 Å². The number of anilines is 1. The maximum Gasteiger partial charge on any atom is 0.311 e. The maximum atomic E-state index is 14.8. The number of ether oxygens (including phenoxy) is 2. The number of fused-ring (bicyclic) bond motifs is 8. The molecule has 2 aromatic rings. The van der Waals surface area contributed by atoms with E-state index in [4.69, 9.17) is 9.47 Å². The number of nitrogens with zero attached hydrogens (tertiary/aromatic N) is 1. The van der Waals surface area contributed by atoms with Gasteiger partial charge in [-0.2, -0.15) is 0 Å². The minimum atomic E-state index is -0.540. The highest BCUT2D eigenvalue weighted by Crippen LogP contribution is 2.75. The van der Waals surface area contributed by atoms with Crippen molar-refractivity contribution in [1.29, 1.82) is 0 Å². The number of allylic oxidation sites excluding steroid dienone is 2. The molecule has 7 rings (SSSR count). The van der Waals surface area contributed by atoms with E-state index in [0.29, 0.717) is 18.2 Å². The van der Waals surface area contributed by atoms with E-state index < -0.39 is 5.41 Å². The van der Waals surface area contributed by atoms with E-state index in [1.807, 2.05) is 25.1 Å². The Morgan fingerprint density at radius 3 is 2.43 bits per heavy atom. The lowest BCUT2D eigenvalue weighted by molar-refractivity contribution is -0.211. The molecule has 5 aliphatic rings. The van der Waals surface area contributed by atoms with E-state index in [2.05, 4.69) is 80.8 Å². The van der Waals surface area contributed by atoms with Gasteiger partial charge in [0.2, 0.25) is 5.91 Å². The van der Waals surface area contributed by atoms with Crippen molar-refractivity contribution in [1.82, 2.24) is 4.98 Å². The minimum Gasteiger partial charge on any atom is -0.466 e. The highest BCUT2D eigenvalue weighted by atomic mass is 79.9. The van der Waals surface area contributed by atoms with Gasteiger partial charge >= 0.3 is 11.9 Å². The van der Waals surface area contributed by atoms with E-state index in [0.717, 1.165) is 66.1 Å². The first kappa shape index (κ1) is 38.7. The van der Waals surface area contributed by atoms with Gasteiger partial charge in [0.1, 0.15) is 6.10 Å². The Labute approximate surface area is 327 Å². The molecule has 1 heterocycles. The summed E-state index contributed by atoms with van der Waals surface area (Å²) in [4.78, 5) is 58.6. The Hall–Kier alpha value is -2.59. The fourth-order valence-corrected chi connectivity index (χ4v) is 13.9. The number of benzene rings is 1. The van der Waals surface area contributed by atoms with Crippen LogP contribution in [0.25, 0.3) is 10.2 Å². The second kappa shape index (κ2) is 13.3. The van der Waals surface area contributed by atoms with Crippen LogP contribution >= 0.6 is 27.3 Å². The molecular formula is C43H57BrN2O6S.